The van der Waals surface area contributed by atoms with E-state index in [1.165, 1.54) is 0 Å². The summed E-state index contributed by atoms with van der Waals surface area (Å²) < 4.78 is 0. The second-order valence-electron chi connectivity index (χ2n) is 6.24. The summed E-state index contributed by atoms with van der Waals surface area (Å²) in [6.45, 7) is 0. The molecule has 0 saturated carbocycles. The molecule has 0 amide bonds. The van der Waals surface area contributed by atoms with Gasteiger partial charge in [0.05, 0.1) is 22.8 Å². The van der Waals surface area contributed by atoms with Gasteiger partial charge in [0.15, 0.2) is 0 Å². The Kier molecular flexibility index (Phi) is 5.79. The van der Waals surface area contributed by atoms with E-state index in [1.54, 1.807) is 20.0 Å². The van der Waals surface area contributed by atoms with Crippen LogP contribution >= 0.6 is 9.19 Å². The van der Waals surface area contributed by atoms with Gasteiger partial charge >= 0.3 is 29.2 Å². The van der Waals surface area contributed by atoms with Crippen LogP contribution in [0.5, 0.6) is 0 Å². The normalized spacial score (nSPS) is 10.5. The van der Waals surface area contributed by atoms with Crippen LogP contribution in [-0.2, 0) is 20.0 Å². The van der Waals surface area contributed by atoms with Gasteiger partial charge in [-0.05, 0) is 35.0 Å². The molecule has 3 heterocycles. The minimum absolute atomic E-state index is 0.850. The van der Waals surface area contributed by atoms with Crippen molar-refractivity contribution in [1.29, 1.82) is 0 Å². The minimum Gasteiger partial charge on any atom is -0.254 e. The third-order valence-electron chi connectivity index (χ3n) is 4.54. The molecule has 0 atom stereocenters. The van der Waals surface area contributed by atoms with Crippen LogP contribution in [0.4, 0.5) is 0 Å². The Hall–Kier alpha value is -2.56. The molecule has 0 aliphatic carbocycles. The molecule has 28 heavy (non-hydrogen) atoms. The number of rotatable bonds is 2. The molecule has 5 heteroatoms. The van der Waals surface area contributed by atoms with Gasteiger partial charge in [0, 0.05) is 23.2 Å². The zero-order valence-corrected chi connectivity index (χ0v) is 17.6. The molecule has 3 nitrogen and oxygen atoms in total. The first-order valence-corrected chi connectivity index (χ1v) is 11.3. The summed E-state index contributed by atoms with van der Waals surface area (Å²) in [5.74, 6) is 0. The van der Waals surface area contributed by atoms with E-state index < -0.39 is 0 Å². The second-order valence-corrected chi connectivity index (χ2v) is 6.24. The fourth-order valence-corrected chi connectivity index (χ4v) is 3.17. The second kappa shape index (κ2) is 8.63. The van der Waals surface area contributed by atoms with E-state index in [-0.39, 0.29) is 0 Å². The number of halogens is 1. The van der Waals surface area contributed by atoms with Crippen molar-refractivity contribution < 1.29 is 20.0 Å². The molecule has 5 aromatic rings. The first kappa shape index (κ1) is 18.8. The van der Waals surface area contributed by atoms with E-state index in [4.69, 9.17) is 4.98 Å². The van der Waals surface area contributed by atoms with Crippen LogP contribution in [0.15, 0.2) is 91.3 Å². The molecule has 0 bridgehead atoms. The first-order valence-electron chi connectivity index (χ1n) is 8.66. The van der Waals surface area contributed by atoms with Gasteiger partial charge in [-0.3, -0.25) is 9.97 Å². The molecule has 0 fully saturated rings. The molecule has 0 unspecified atom stereocenters. The molecule has 0 saturated heterocycles. The van der Waals surface area contributed by atoms with Gasteiger partial charge in [0.2, 0.25) is 0 Å². The summed E-state index contributed by atoms with van der Waals surface area (Å²) in [5, 5.41) is 4.58. The molecule has 140 valence electrons. The number of benzene rings is 2. The van der Waals surface area contributed by atoms with Crippen LogP contribution in [-0.4, -0.2) is 15.0 Å². The van der Waals surface area contributed by atoms with E-state index in [2.05, 4.69) is 55.6 Å². The third kappa shape index (κ3) is 3.84. The molecule has 0 aliphatic rings. The average Bonchev–Trinajstić information content (AvgIpc) is 2.80. The maximum absolute atomic E-state index is 4.80. The van der Waals surface area contributed by atoms with Crippen LogP contribution in [0.25, 0.3) is 44.3 Å². The zero-order valence-electron chi connectivity index (χ0n) is 14.7. The summed E-state index contributed by atoms with van der Waals surface area (Å²) in [6.07, 6.45) is 3.79. The topological polar surface area (TPSA) is 38.7 Å². The fraction of sp³-hybridized carbons (Fsp3) is 0. The molecule has 3 aromatic heterocycles. The SMILES string of the molecule is [Cl][Au].c1cc(-c2cc3ccccc3cn2)nc(-c2cc3ccccc3cn2)c1. The van der Waals surface area contributed by atoms with Crippen LogP contribution in [0.2, 0.25) is 0 Å². The van der Waals surface area contributed by atoms with Crippen molar-refractivity contribution in [1.82, 2.24) is 15.0 Å². The van der Waals surface area contributed by atoms with Crippen LogP contribution in [0.1, 0.15) is 0 Å². The van der Waals surface area contributed by atoms with Gasteiger partial charge in [-0.2, -0.15) is 0 Å². The van der Waals surface area contributed by atoms with Crippen molar-refractivity contribution in [3.63, 3.8) is 0 Å². The van der Waals surface area contributed by atoms with Gasteiger partial charge in [-0.25, -0.2) is 4.98 Å². The molecular formula is C23H15AuClN3. The molecular weight excluding hydrogens is 551 g/mol. The van der Waals surface area contributed by atoms with Crippen molar-refractivity contribution >= 4 is 30.7 Å². The first-order chi connectivity index (χ1) is 13.9. The molecule has 2 aromatic carbocycles. The van der Waals surface area contributed by atoms with E-state index in [1.807, 2.05) is 54.9 Å². The number of hydrogen-bond acceptors (Lipinski definition) is 3. The van der Waals surface area contributed by atoms with Gasteiger partial charge in [0.1, 0.15) is 0 Å². The largest absolute Gasteiger partial charge is 0.254 e. The maximum atomic E-state index is 4.80. The number of hydrogen-bond donors (Lipinski definition) is 0. The predicted molar refractivity (Wildman–Crippen MR) is 112 cm³/mol. The van der Waals surface area contributed by atoms with Crippen LogP contribution in [0, 0.1) is 0 Å². The van der Waals surface area contributed by atoms with Crippen molar-refractivity contribution in [2.75, 3.05) is 0 Å². The van der Waals surface area contributed by atoms with E-state index >= 15 is 0 Å². The number of aromatic nitrogens is 3. The predicted octanol–water partition coefficient (Wildman–Crippen LogP) is 6.20. The number of fused-ring (bicyclic) bond motifs is 2. The molecule has 0 N–H and O–H groups in total. The van der Waals surface area contributed by atoms with E-state index in [9.17, 15) is 0 Å². The molecule has 0 aliphatic heterocycles. The van der Waals surface area contributed by atoms with E-state index in [0.29, 0.717) is 0 Å². The van der Waals surface area contributed by atoms with Crippen molar-refractivity contribution in [3.8, 4) is 22.8 Å². The maximum Gasteiger partial charge on any atom is 0.0894 e. The van der Waals surface area contributed by atoms with Crippen LogP contribution in [0.3, 0.4) is 0 Å². The van der Waals surface area contributed by atoms with Crippen molar-refractivity contribution in [2.24, 2.45) is 0 Å². The third-order valence-corrected chi connectivity index (χ3v) is 4.54. The zero-order chi connectivity index (χ0) is 19.3. The average molecular weight is 566 g/mol. The summed E-state index contributed by atoms with van der Waals surface area (Å²) >= 11 is 1.75. The number of pyridine rings is 3. The Bertz CT molecular complexity index is 1160. The molecule has 5 rings (SSSR count). The van der Waals surface area contributed by atoms with Gasteiger partial charge < -0.3 is 0 Å². The quantitative estimate of drug-likeness (QED) is 0.239. The Morgan fingerprint density at radius 3 is 1.39 bits per heavy atom. The van der Waals surface area contributed by atoms with Gasteiger partial charge in [-0.15, -0.1) is 0 Å². The van der Waals surface area contributed by atoms with E-state index in [0.717, 1.165) is 44.3 Å². The smallest absolute Gasteiger partial charge is 0.0894 e. The van der Waals surface area contributed by atoms with Crippen molar-refractivity contribution in [3.05, 3.63) is 91.3 Å². The fourth-order valence-electron chi connectivity index (χ4n) is 3.17. The van der Waals surface area contributed by atoms with Gasteiger partial charge in [0.25, 0.3) is 0 Å². The standard InChI is InChI=1S/C23H15N3.Au.ClH/c1-3-8-18-14-24-22(12-16(18)6-1)20-10-5-11-21(26-20)23-13-17-7-2-4-9-19(17)15-25-23;;/h1-15H;;1H/q;+1;/p-1. The summed E-state index contributed by atoms with van der Waals surface area (Å²) in [7, 11) is 4.58. The Morgan fingerprint density at radius 2 is 0.929 bits per heavy atom. The number of nitrogens with zero attached hydrogens (tertiary/aromatic N) is 3. The summed E-state index contributed by atoms with van der Waals surface area (Å²) in [5.41, 5.74) is 3.43. The molecule has 0 radical (unpaired) electrons. The molecule has 0 spiro atoms. The van der Waals surface area contributed by atoms with Crippen molar-refractivity contribution in [2.45, 2.75) is 0 Å². The Balaban J connectivity index is 0.000000932. The summed E-state index contributed by atoms with van der Waals surface area (Å²) in [6, 6.07) is 26.6. The Morgan fingerprint density at radius 1 is 0.500 bits per heavy atom. The van der Waals surface area contributed by atoms with Crippen LogP contribution < -0.4 is 0 Å². The Labute approximate surface area is 179 Å². The monoisotopic (exact) mass is 565 g/mol. The van der Waals surface area contributed by atoms with Gasteiger partial charge in [-0.1, -0.05) is 54.6 Å². The summed E-state index contributed by atoms with van der Waals surface area (Å²) in [4.78, 5) is 14.0. The minimum atomic E-state index is 0.850.